The van der Waals surface area contributed by atoms with E-state index in [1.165, 1.54) is 71.0 Å². The lowest BCUT2D eigenvalue weighted by Crippen LogP contribution is -2.52. The van der Waals surface area contributed by atoms with Crippen molar-refractivity contribution in [2.24, 2.45) is 5.92 Å². The molecule has 0 radical (unpaired) electrons. The van der Waals surface area contributed by atoms with Gasteiger partial charge in [0, 0.05) is 12.1 Å². The second-order valence-electron chi connectivity index (χ2n) is 6.48. The minimum atomic E-state index is 0.765. The Kier molecular flexibility index (Phi) is 5.97. The molecule has 0 aromatic carbocycles. The Morgan fingerprint density at radius 3 is 2.44 bits per heavy atom. The van der Waals surface area contributed by atoms with E-state index >= 15 is 0 Å². The molecule has 1 aliphatic heterocycles. The van der Waals surface area contributed by atoms with E-state index in [1.807, 2.05) is 0 Å². The third-order valence-electron chi connectivity index (χ3n) is 4.92. The van der Waals surface area contributed by atoms with Gasteiger partial charge in [0.25, 0.3) is 0 Å². The third-order valence-corrected chi connectivity index (χ3v) is 4.92. The van der Waals surface area contributed by atoms with Crippen molar-refractivity contribution in [3.05, 3.63) is 0 Å². The van der Waals surface area contributed by atoms with E-state index in [1.54, 1.807) is 0 Å². The predicted octanol–water partition coefficient (Wildman–Crippen LogP) is 3.42. The van der Waals surface area contributed by atoms with Gasteiger partial charge in [-0.3, -0.25) is 4.90 Å². The molecular weight excluding hydrogens is 220 g/mol. The van der Waals surface area contributed by atoms with Crippen LogP contribution < -0.4 is 5.32 Å². The topological polar surface area (TPSA) is 15.3 Å². The maximum Gasteiger partial charge on any atom is 0.0249 e. The SMILES string of the molecule is CCCNC1CCCCCC1N1CCC(C)CC1. The fraction of sp³-hybridized carbons (Fsp3) is 1.00. The average molecular weight is 252 g/mol. The second kappa shape index (κ2) is 7.49. The molecule has 106 valence electrons. The minimum absolute atomic E-state index is 0.765. The molecule has 1 saturated carbocycles. The molecule has 0 spiro atoms. The quantitative estimate of drug-likeness (QED) is 0.771. The Hall–Kier alpha value is -0.0800. The van der Waals surface area contributed by atoms with Crippen molar-refractivity contribution < 1.29 is 0 Å². The first-order valence-electron chi connectivity index (χ1n) is 8.28. The summed E-state index contributed by atoms with van der Waals surface area (Å²) in [5, 5.41) is 3.83. The lowest BCUT2D eigenvalue weighted by atomic mass is 9.94. The van der Waals surface area contributed by atoms with Gasteiger partial charge in [-0.15, -0.1) is 0 Å². The van der Waals surface area contributed by atoms with Gasteiger partial charge in [0.05, 0.1) is 0 Å². The molecule has 1 aliphatic carbocycles. The smallest absolute Gasteiger partial charge is 0.0249 e. The molecule has 0 aromatic heterocycles. The highest BCUT2D eigenvalue weighted by Gasteiger charge is 2.30. The molecule has 2 nitrogen and oxygen atoms in total. The van der Waals surface area contributed by atoms with Crippen molar-refractivity contribution in [1.29, 1.82) is 0 Å². The highest BCUT2D eigenvalue weighted by atomic mass is 15.2. The molecule has 0 amide bonds. The molecule has 0 aromatic rings. The maximum atomic E-state index is 3.83. The van der Waals surface area contributed by atoms with Crippen LogP contribution in [-0.2, 0) is 0 Å². The Bertz CT molecular complexity index is 221. The molecule has 2 atom stereocenters. The fourth-order valence-corrected chi connectivity index (χ4v) is 3.65. The molecule has 2 aliphatic rings. The van der Waals surface area contributed by atoms with Crippen LogP contribution in [0.5, 0.6) is 0 Å². The fourth-order valence-electron chi connectivity index (χ4n) is 3.65. The van der Waals surface area contributed by atoms with E-state index in [4.69, 9.17) is 0 Å². The summed E-state index contributed by atoms with van der Waals surface area (Å²) in [7, 11) is 0. The van der Waals surface area contributed by atoms with E-state index in [0.717, 1.165) is 18.0 Å². The van der Waals surface area contributed by atoms with Crippen molar-refractivity contribution in [3.8, 4) is 0 Å². The van der Waals surface area contributed by atoms with Crippen LogP contribution in [0.3, 0.4) is 0 Å². The molecule has 2 unspecified atom stereocenters. The van der Waals surface area contributed by atoms with Gasteiger partial charge in [0.2, 0.25) is 0 Å². The van der Waals surface area contributed by atoms with Gasteiger partial charge in [-0.2, -0.15) is 0 Å². The molecular formula is C16H32N2. The standard InChI is InChI=1S/C16H32N2/c1-3-11-17-15-7-5-4-6-8-16(15)18-12-9-14(2)10-13-18/h14-17H,3-13H2,1-2H3. The van der Waals surface area contributed by atoms with Gasteiger partial charge in [0.15, 0.2) is 0 Å². The third kappa shape index (κ3) is 3.96. The van der Waals surface area contributed by atoms with E-state index in [-0.39, 0.29) is 0 Å². The summed E-state index contributed by atoms with van der Waals surface area (Å²) >= 11 is 0. The van der Waals surface area contributed by atoms with Crippen LogP contribution in [0.1, 0.15) is 65.2 Å². The summed E-state index contributed by atoms with van der Waals surface area (Å²) in [6.45, 7) is 8.58. The van der Waals surface area contributed by atoms with Crippen molar-refractivity contribution in [2.45, 2.75) is 77.3 Å². The summed E-state index contributed by atoms with van der Waals surface area (Å²) in [6.07, 6.45) is 11.2. The van der Waals surface area contributed by atoms with Crippen LogP contribution in [0.25, 0.3) is 0 Å². The van der Waals surface area contributed by atoms with Gasteiger partial charge in [-0.05, 0) is 57.7 Å². The lowest BCUT2D eigenvalue weighted by Gasteiger charge is -2.40. The number of piperidine rings is 1. The van der Waals surface area contributed by atoms with Crippen molar-refractivity contribution >= 4 is 0 Å². The monoisotopic (exact) mass is 252 g/mol. The highest BCUT2D eigenvalue weighted by molar-refractivity contribution is 4.88. The molecule has 18 heavy (non-hydrogen) atoms. The Labute approximate surface area is 114 Å². The normalized spacial score (nSPS) is 32.3. The van der Waals surface area contributed by atoms with Crippen molar-refractivity contribution in [2.75, 3.05) is 19.6 Å². The molecule has 0 bridgehead atoms. The number of likely N-dealkylation sites (tertiary alicyclic amines) is 1. The zero-order chi connectivity index (χ0) is 12.8. The average Bonchev–Trinajstić information content (AvgIpc) is 2.62. The number of nitrogens with zero attached hydrogens (tertiary/aromatic N) is 1. The first-order chi connectivity index (χ1) is 8.81. The highest BCUT2D eigenvalue weighted by Crippen LogP contribution is 2.26. The minimum Gasteiger partial charge on any atom is -0.312 e. The second-order valence-corrected chi connectivity index (χ2v) is 6.48. The summed E-state index contributed by atoms with van der Waals surface area (Å²) in [5.41, 5.74) is 0. The van der Waals surface area contributed by atoms with Gasteiger partial charge in [0.1, 0.15) is 0 Å². The van der Waals surface area contributed by atoms with Crippen LogP contribution in [0.4, 0.5) is 0 Å². The molecule has 2 fully saturated rings. The van der Waals surface area contributed by atoms with Gasteiger partial charge in [-0.1, -0.05) is 33.1 Å². The number of hydrogen-bond acceptors (Lipinski definition) is 2. The number of hydrogen-bond donors (Lipinski definition) is 1. The van der Waals surface area contributed by atoms with E-state index < -0.39 is 0 Å². The van der Waals surface area contributed by atoms with Gasteiger partial charge in [-0.25, -0.2) is 0 Å². The molecule has 2 heteroatoms. The molecule has 1 saturated heterocycles. The zero-order valence-corrected chi connectivity index (χ0v) is 12.5. The molecule has 1 N–H and O–H groups in total. The largest absolute Gasteiger partial charge is 0.312 e. The molecule has 2 rings (SSSR count). The Morgan fingerprint density at radius 1 is 1.00 bits per heavy atom. The zero-order valence-electron chi connectivity index (χ0n) is 12.5. The Balaban J connectivity index is 1.91. The van der Waals surface area contributed by atoms with Crippen LogP contribution >= 0.6 is 0 Å². The summed E-state index contributed by atoms with van der Waals surface area (Å²) in [4.78, 5) is 2.80. The van der Waals surface area contributed by atoms with E-state index in [2.05, 4.69) is 24.1 Å². The van der Waals surface area contributed by atoms with Crippen molar-refractivity contribution in [1.82, 2.24) is 10.2 Å². The Morgan fingerprint density at radius 2 is 1.72 bits per heavy atom. The van der Waals surface area contributed by atoms with Crippen LogP contribution in [0, 0.1) is 5.92 Å². The van der Waals surface area contributed by atoms with Gasteiger partial charge >= 0.3 is 0 Å². The van der Waals surface area contributed by atoms with Gasteiger partial charge < -0.3 is 5.32 Å². The lowest BCUT2D eigenvalue weighted by molar-refractivity contribution is 0.105. The molecule has 1 heterocycles. The van der Waals surface area contributed by atoms with E-state index in [9.17, 15) is 0 Å². The van der Waals surface area contributed by atoms with Crippen molar-refractivity contribution in [3.63, 3.8) is 0 Å². The number of nitrogens with one attached hydrogen (secondary N) is 1. The van der Waals surface area contributed by atoms with E-state index in [0.29, 0.717) is 0 Å². The summed E-state index contributed by atoms with van der Waals surface area (Å²) < 4.78 is 0. The summed E-state index contributed by atoms with van der Waals surface area (Å²) in [6, 6.07) is 1.59. The van der Waals surface area contributed by atoms with Crippen LogP contribution in [0.15, 0.2) is 0 Å². The predicted molar refractivity (Wildman–Crippen MR) is 78.9 cm³/mol. The number of rotatable bonds is 4. The first kappa shape index (κ1) is 14.3. The first-order valence-corrected chi connectivity index (χ1v) is 8.28. The maximum absolute atomic E-state index is 3.83. The van der Waals surface area contributed by atoms with Crippen LogP contribution in [0.2, 0.25) is 0 Å². The summed E-state index contributed by atoms with van der Waals surface area (Å²) in [5.74, 6) is 0.953. The van der Waals surface area contributed by atoms with Crippen LogP contribution in [-0.4, -0.2) is 36.6 Å².